The van der Waals surface area contributed by atoms with Crippen molar-refractivity contribution >= 4 is 29.1 Å². The molecule has 0 saturated carbocycles. The number of carbonyl (C=O) groups excluding carboxylic acids is 1. The molecular formula is C21H19NO4S. The van der Waals surface area contributed by atoms with Crippen LogP contribution in [0, 0.1) is 13.8 Å². The number of thiophene rings is 1. The van der Waals surface area contributed by atoms with E-state index < -0.39 is 6.16 Å². The number of ether oxygens (including phenoxy) is 1. The Morgan fingerprint density at radius 3 is 2.07 bits per heavy atom. The highest BCUT2D eigenvalue weighted by Crippen LogP contribution is 2.43. The lowest BCUT2D eigenvalue weighted by Crippen LogP contribution is -2.26. The van der Waals surface area contributed by atoms with Gasteiger partial charge in [0, 0.05) is 17.5 Å². The standard InChI is InChI=1S/C21H19NO4S/c1-13-4-8-15(9-5-13)18-12-17(20(27-18)26-21(24)25)22(3)19(23)16-10-6-14(2)7-11-16/h4-12H,1-3H3,(H,24,25). The highest BCUT2D eigenvalue weighted by molar-refractivity contribution is 7.18. The first kappa shape index (κ1) is 18.7. The quantitative estimate of drug-likeness (QED) is 0.617. The second-order valence-electron chi connectivity index (χ2n) is 6.25. The van der Waals surface area contributed by atoms with Gasteiger partial charge in [-0.3, -0.25) is 4.79 Å². The summed E-state index contributed by atoms with van der Waals surface area (Å²) in [5.74, 6) is -0.238. The molecule has 6 heteroatoms. The highest BCUT2D eigenvalue weighted by Gasteiger charge is 2.22. The Balaban J connectivity index is 1.99. The molecule has 0 bridgehead atoms. The van der Waals surface area contributed by atoms with Crippen molar-refractivity contribution in [1.82, 2.24) is 0 Å². The molecule has 3 rings (SSSR count). The average molecular weight is 381 g/mol. The smallest absolute Gasteiger partial charge is 0.449 e. The summed E-state index contributed by atoms with van der Waals surface area (Å²) in [7, 11) is 1.61. The molecule has 1 heterocycles. The van der Waals surface area contributed by atoms with Crippen LogP contribution in [0.1, 0.15) is 21.5 Å². The van der Waals surface area contributed by atoms with Crippen molar-refractivity contribution in [3.63, 3.8) is 0 Å². The van der Waals surface area contributed by atoms with Gasteiger partial charge in [-0.1, -0.05) is 58.9 Å². The van der Waals surface area contributed by atoms with E-state index in [1.54, 1.807) is 25.2 Å². The zero-order chi connectivity index (χ0) is 19.6. The SMILES string of the molecule is Cc1ccc(C(=O)N(C)c2cc(-c3ccc(C)cc3)sc2OC(=O)O)cc1. The molecular weight excluding hydrogens is 362 g/mol. The molecule has 27 heavy (non-hydrogen) atoms. The molecule has 2 aromatic carbocycles. The van der Waals surface area contributed by atoms with E-state index in [-0.39, 0.29) is 11.0 Å². The Kier molecular flexibility index (Phi) is 5.28. The molecule has 1 aromatic heterocycles. The van der Waals surface area contributed by atoms with E-state index in [9.17, 15) is 9.59 Å². The first-order chi connectivity index (χ1) is 12.8. The van der Waals surface area contributed by atoms with E-state index in [1.807, 2.05) is 50.2 Å². The summed E-state index contributed by atoms with van der Waals surface area (Å²) in [5, 5.41) is 9.22. The van der Waals surface area contributed by atoms with Crippen LogP contribution >= 0.6 is 11.3 Å². The van der Waals surface area contributed by atoms with Gasteiger partial charge in [0.2, 0.25) is 5.06 Å². The Morgan fingerprint density at radius 1 is 0.963 bits per heavy atom. The number of carbonyl (C=O) groups is 2. The number of hydrogen-bond acceptors (Lipinski definition) is 4. The third-order valence-electron chi connectivity index (χ3n) is 4.16. The lowest BCUT2D eigenvalue weighted by molar-refractivity contribution is 0.0991. The van der Waals surface area contributed by atoms with Gasteiger partial charge in [-0.15, -0.1) is 0 Å². The van der Waals surface area contributed by atoms with Gasteiger partial charge < -0.3 is 14.7 Å². The molecule has 1 N–H and O–H groups in total. The second-order valence-corrected chi connectivity index (χ2v) is 7.26. The van der Waals surface area contributed by atoms with Gasteiger partial charge in [0.1, 0.15) is 0 Å². The maximum absolute atomic E-state index is 12.8. The topological polar surface area (TPSA) is 66.8 Å². The van der Waals surface area contributed by atoms with Crippen LogP contribution in [-0.2, 0) is 0 Å². The molecule has 138 valence electrons. The fraction of sp³-hybridized carbons (Fsp3) is 0.143. The maximum atomic E-state index is 12.8. The number of carboxylic acid groups (broad SMARTS) is 1. The molecule has 0 unspecified atom stereocenters. The van der Waals surface area contributed by atoms with Crippen LogP contribution in [0.2, 0.25) is 0 Å². The predicted octanol–water partition coefficient (Wildman–Crippen LogP) is 5.37. The number of amides is 1. The zero-order valence-electron chi connectivity index (χ0n) is 15.2. The molecule has 0 spiro atoms. The largest absolute Gasteiger partial charge is 0.512 e. The van der Waals surface area contributed by atoms with Crippen molar-refractivity contribution in [2.45, 2.75) is 13.8 Å². The summed E-state index contributed by atoms with van der Waals surface area (Å²) >= 11 is 1.19. The molecule has 3 aromatic rings. The van der Waals surface area contributed by atoms with E-state index in [2.05, 4.69) is 0 Å². The minimum atomic E-state index is -1.41. The number of anilines is 1. The molecule has 0 radical (unpaired) electrons. The second kappa shape index (κ2) is 7.63. The number of nitrogens with zero attached hydrogens (tertiary/aromatic N) is 1. The Morgan fingerprint density at radius 2 is 1.52 bits per heavy atom. The summed E-state index contributed by atoms with van der Waals surface area (Å²) < 4.78 is 4.94. The molecule has 0 aliphatic carbocycles. The van der Waals surface area contributed by atoms with E-state index in [0.717, 1.165) is 21.6 Å². The van der Waals surface area contributed by atoms with Gasteiger partial charge in [0.15, 0.2) is 0 Å². The fourth-order valence-corrected chi connectivity index (χ4v) is 3.65. The van der Waals surface area contributed by atoms with Gasteiger partial charge in [-0.25, -0.2) is 4.79 Å². The number of benzene rings is 2. The number of aryl methyl sites for hydroxylation is 2. The lowest BCUT2D eigenvalue weighted by Gasteiger charge is -2.17. The first-order valence-electron chi connectivity index (χ1n) is 8.31. The molecule has 0 fully saturated rings. The van der Waals surface area contributed by atoms with Crippen LogP contribution in [0.3, 0.4) is 0 Å². The minimum Gasteiger partial charge on any atom is -0.449 e. The van der Waals surface area contributed by atoms with E-state index >= 15 is 0 Å². The van der Waals surface area contributed by atoms with Crippen LogP contribution in [0.25, 0.3) is 10.4 Å². The van der Waals surface area contributed by atoms with Crippen LogP contribution in [0.4, 0.5) is 10.5 Å². The van der Waals surface area contributed by atoms with Gasteiger partial charge in [-0.2, -0.15) is 0 Å². The average Bonchev–Trinajstić information content (AvgIpc) is 3.04. The van der Waals surface area contributed by atoms with Crippen LogP contribution < -0.4 is 9.64 Å². The van der Waals surface area contributed by atoms with Crippen molar-refractivity contribution in [3.8, 4) is 15.5 Å². The van der Waals surface area contributed by atoms with Crippen molar-refractivity contribution in [1.29, 1.82) is 0 Å². The van der Waals surface area contributed by atoms with Gasteiger partial charge >= 0.3 is 6.16 Å². The summed E-state index contributed by atoms with van der Waals surface area (Å²) in [5.41, 5.74) is 4.06. The van der Waals surface area contributed by atoms with E-state index in [1.165, 1.54) is 16.2 Å². The van der Waals surface area contributed by atoms with Crippen LogP contribution in [0.5, 0.6) is 5.06 Å². The zero-order valence-corrected chi connectivity index (χ0v) is 16.0. The van der Waals surface area contributed by atoms with Crippen LogP contribution in [0.15, 0.2) is 54.6 Å². The number of rotatable bonds is 4. The van der Waals surface area contributed by atoms with Crippen molar-refractivity contribution in [2.24, 2.45) is 0 Å². The summed E-state index contributed by atoms with van der Waals surface area (Å²) in [4.78, 5) is 26.1. The van der Waals surface area contributed by atoms with Crippen molar-refractivity contribution in [2.75, 3.05) is 11.9 Å². The van der Waals surface area contributed by atoms with Gasteiger partial charge in [-0.05, 0) is 37.6 Å². The summed E-state index contributed by atoms with van der Waals surface area (Å²) in [6.07, 6.45) is -1.41. The summed E-state index contributed by atoms with van der Waals surface area (Å²) in [6.45, 7) is 3.94. The van der Waals surface area contributed by atoms with E-state index in [0.29, 0.717) is 11.3 Å². The monoisotopic (exact) mass is 381 g/mol. The maximum Gasteiger partial charge on any atom is 0.512 e. The van der Waals surface area contributed by atoms with Crippen LogP contribution in [-0.4, -0.2) is 24.2 Å². The van der Waals surface area contributed by atoms with Crippen molar-refractivity contribution in [3.05, 3.63) is 71.3 Å². The van der Waals surface area contributed by atoms with Gasteiger partial charge in [0.05, 0.1) is 5.69 Å². The Bertz CT molecular complexity index is 974. The Hall–Kier alpha value is -3.12. The van der Waals surface area contributed by atoms with Gasteiger partial charge in [0.25, 0.3) is 5.91 Å². The summed E-state index contributed by atoms with van der Waals surface area (Å²) in [6, 6.07) is 16.9. The van der Waals surface area contributed by atoms with Crippen molar-refractivity contribution < 1.29 is 19.4 Å². The Labute approximate surface area is 161 Å². The molecule has 0 saturated heterocycles. The third-order valence-corrected chi connectivity index (χ3v) is 5.21. The molecule has 0 aliphatic heterocycles. The lowest BCUT2D eigenvalue weighted by atomic mass is 10.1. The predicted molar refractivity (Wildman–Crippen MR) is 107 cm³/mol. The number of hydrogen-bond donors (Lipinski definition) is 1. The molecule has 5 nitrogen and oxygen atoms in total. The molecule has 0 aliphatic rings. The molecule has 0 atom stereocenters. The third kappa shape index (κ3) is 4.17. The highest BCUT2D eigenvalue weighted by atomic mass is 32.1. The normalized spacial score (nSPS) is 10.5. The fourth-order valence-electron chi connectivity index (χ4n) is 2.61. The molecule has 1 amide bonds. The van der Waals surface area contributed by atoms with E-state index in [4.69, 9.17) is 9.84 Å². The first-order valence-corrected chi connectivity index (χ1v) is 9.13. The minimum absolute atomic E-state index is 0.168.